The summed E-state index contributed by atoms with van der Waals surface area (Å²) in [6, 6.07) is 5.91. The zero-order valence-corrected chi connectivity index (χ0v) is 11.1. The second kappa shape index (κ2) is 5.73. The number of carbonyl (C=O) groups is 3. The summed E-state index contributed by atoms with van der Waals surface area (Å²) in [6.45, 7) is 0.317. The molecule has 1 aromatic rings. The summed E-state index contributed by atoms with van der Waals surface area (Å²) in [5, 5.41) is 11.5. The average molecular weight is 276 g/mol. The van der Waals surface area contributed by atoms with Crippen molar-refractivity contribution in [3.8, 4) is 0 Å². The lowest BCUT2D eigenvalue weighted by Gasteiger charge is -2.19. The Kier molecular flexibility index (Phi) is 4.02. The number of aromatic carboxylic acids is 1. The third-order valence-electron chi connectivity index (χ3n) is 3.46. The molecule has 1 fully saturated rings. The van der Waals surface area contributed by atoms with Gasteiger partial charge in [0.15, 0.2) is 0 Å². The highest BCUT2D eigenvalue weighted by Gasteiger charge is 2.32. The number of carbonyl (C=O) groups excluding carboxylic acids is 2. The van der Waals surface area contributed by atoms with Gasteiger partial charge in [0.25, 0.3) is 0 Å². The summed E-state index contributed by atoms with van der Waals surface area (Å²) < 4.78 is 0. The molecule has 2 rings (SSSR count). The molecule has 106 valence electrons. The van der Waals surface area contributed by atoms with Crippen LogP contribution in [0.3, 0.4) is 0 Å². The molecule has 2 amide bonds. The number of rotatable bonds is 4. The molecule has 0 radical (unpaired) electrons. The fourth-order valence-corrected chi connectivity index (χ4v) is 2.18. The Bertz CT molecular complexity index is 539. The van der Waals surface area contributed by atoms with E-state index in [1.165, 1.54) is 17.0 Å². The van der Waals surface area contributed by atoms with Gasteiger partial charge >= 0.3 is 5.97 Å². The summed E-state index contributed by atoms with van der Waals surface area (Å²) in [5.74, 6) is -1.18. The highest BCUT2D eigenvalue weighted by atomic mass is 16.4. The summed E-state index contributed by atoms with van der Waals surface area (Å²) >= 11 is 0. The molecule has 1 aliphatic heterocycles. The smallest absolute Gasteiger partial charge is 0.335 e. The number of benzene rings is 1. The number of hydrogen-bond donors (Lipinski definition) is 2. The van der Waals surface area contributed by atoms with E-state index in [0.29, 0.717) is 19.4 Å². The van der Waals surface area contributed by atoms with Gasteiger partial charge in [0.1, 0.15) is 6.04 Å². The van der Waals surface area contributed by atoms with E-state index in [4.69, 9.17) is 5.11 Å². The molecular weight excluding hydrogens is 260 g/mol. The zero-order chi connectivity index (χ0) is 14.7. The van der Waals surface area contributed by atoms with Gasteiger partial charge in [0.05, 0.1) is 5.56 Å². The molecule has 0 aliphatic carbocycles. The normalized spacial score (nSPS) is 18.1. The van der Waals surface area contributed by atoms with Crippen molar-refractivity contribution in [2.24, 2.45) is 0 Å². The molecule has 0 bridgehead atoms. The van der Waals surface area contributed by atoms with Gasteiger partial charge in [0, 0.05) is 20.0 Å². The SMILES string of the molecule is CN1C(=O)CCC1C(=O)NCc1ccc(C(=O)O)cc1. The minimum Gasteiger partial charge on any atom is -0.478 e. The molecule has 20 heavy (non-hydrogen) atoms. The standard InChI is InChI=1S/C14H16N2O4/c1-16-11(6-7-12(16)17)13(18)15-8-9-2-4-10(5-3-9)14(19)20/h2-5,11H,6-8H2,1H3,(H,15,18)(H,19,20). The number of amides is 2. The number of nitrogens with zero attached hydrogens (tertiary/aromatic N) is 1. The first-order valence-electron chi connectivity index (χ1n) is 6.34. The van der Waals surface area contributed by atoms with E-state index < -0.39 is 12.0 Å². The largest absolute Gasteiger partial charge is 0.478 e. The Labute approximate surface area is 116 Å². The minimum atomic E-state index is -0.980. The van der Waals surface area contributed by atoms with Crippen molar-refractivity contribution in [2.45, 2.75) is 25.4 Å². The molecular formula is C14H16N2O4. The van der Waals surface area contributed by atoms with E-state index in [1.54, 1.807) is 19.2 Å². The summed E-state index contributed by atoms with van der Waals surface area (Å²) in [6.07, 6.45) is 0.945. The number of nitrogens with one attached hydrogen (secondary N) is 1. The Hall–Kier alpha value is -2.37. The predicted molar refractivity (Wildman–Crippen MR) is 71.0 cm³/mol. The van der Waals surface area contributed by atoms with Gasteiger partial charge in [-0.3, -0.25) is 9.59 Å². The second-order valence-corrected chi connectivity index (χ2v) is 4.78. The van der Waals surface area contributed by atoms with Crippen LogP contribution in [-0.2, 0) is 16.1 Å². The van der Waals surface area contributed by atoms with Crippen LogP contribution in [0.15, 0.2) is 24.3 Å². The van der Waals surface area contributed by atoms with Gasteiger partial charge < -0.3 is 15.3 Å². The first-order chi connectivity index (χ1) is 9.49. The quantitative estimate of drug-likeness (QED) is 0.844. The van der Waals surface area contributed by atoms with Gasteiger partial charge in [-0.1, -0.05) is 12.1 Å². The van der Waals surface area contributed by atoms with E-state index in [-0.39, 0.29) is 17.4 Å². The Morgan fingerprint density at radius 3 is 2.50 bits per heavy atom. The summed E-state index contributed by atoms with van der Waals surface area (Å²) in [5.41, 5.74) is 1.02. The van der Waals surface area contributed by atoms with E-state index >= 15 is 0 Å². The van der Waals surface area contributed by atoms with Crippen molar-refractivity contribution >= 4 is 17.8 Å². The molecule has 1 aromatic carbocycles. The average Bonchev–Trinajstić information content (AvgIpc) is 2.77. The van der Waals surface area contributed by atoms with Crippen LogP contribution in [0.2, 0.25) is 0 Å². The summed E-state index contributed by atoms with van der Waals surface area (Å²) in [4.78, 5) is 35.5. The molecule has 1 aliphatic rings. The maximum absolute atomic E-state index is 12.0. The van der Waals surface area contributed by atoms with Crippen molar-refractivity contribution in [3.05, 3.63) is 35.4 Å². The van der Waals surface area contributed by atoms with Crippen LogP contribution in [0, 0.1) is 0 Å². The fraction of sp³-hybridized carbons (Fsp3) is 0.357. The van der Waals surface area contributed by atoms with Gasteiger partial charge in [-0.2, -0.15) is 0 Å². The van der Waals surface area contributed by atoms with E-state index in [0.717, 1.165) is 5.56 Å². The topological polar surface area (TPSA) is 86.7 Å². The molecule has 0 saturated carbocycles. The minimum absolute atomic E-state index is 0.0176. The maximum Gasteiger partial charge on any atom is 0.335 e. The van der Waals surface area contributed by atoms with Gasteiger partial charge in [-0.05, 0) is 24.1 Å². The van der Waals surface area contributed by atoms with Crippen LogP contribution in [0.4, 0.5) is 0 Å². The highest BCUT2D eigenvalue weighted by Crippen LogP contribution is 2.16. The van der Waals surface area contributed by atoms with Crippen molar-refractivity contribution in [1.82, 2.24) is 10.2 Å². The lowest BCUT2D eigenvalue weighted by atomic mass is 10.1. The number of hydrogen-bond acceptors (Lipinski definition) is 3. The van der Waals surface area contributed by atoms with Crippen LogP contribution in [0.5, 0.6) is 0 Å². The lowest BCUT2D eigenvalue weighted by Crippen LogP contribution is -2.42. The van der Waals surface area contributed by atoms with Crippen molar-refractivity contribution < 1.29 is 19.5 Å². The van der Waals surface area contributed by atoms with E-state index in [2.05, 4.69) is 5.32 Å². The van der Waals surface area contributed by atoms with Crippen molar-refractivity contribution in [2.75, 3.05) is 7.05 Å². The third-order valence-corrected chi connectivity index (χ3v) is 3.46. The molecule has 0 aromatic heterocycles. The zero-order valence-electron chi connectivity index (χ0n) is 11.1. The second-order valence-electron chi connectivity index (χ2n) is 4.78. The van der Waals surface area contributed by atoms with E-state index in [9.17, 15) is 14.4 Å². The van der Waals surface area contributed by atoms with Crippen molar-refractivity contribution in [1.29, 1.82) is 0 Å². The lowest BCUT2D eigenvalue weighted by molar-refractivity contribution is -0.133. The first-order valence-corrected chi connectivity index (χ1v) is 6.34. The number of likely N-dealkylation sites (tertiary alicyclic amines) is 1. The Morgan fingerprint density at radius 1 is 1.35 bits per heavy atom. The van der Waals surface area contributed by atoms with Crippen LogP contribution < -0.4 is 5.32 Å². The van der Waals surface area contributed by atoms with Crippen LogP contribution >= 0.6 is 0 Å². The summed E-state index contributed by atoms with van der Waals surface area (Å²) in [7, 11) is 1.63. The molecule has 1 heterocycles. The van der Waals surface area contributed by atoms with Crippen LogP contribution in [0.25, 0.3) is 0 Å². The number of carboxylic acids is 1. The Balaban J connectivity index is 1.90. The highest BCUT2D eigenvalue weighted by molar-refractivity contribution is 5.90. The number of carboxylic acid groups (broad SMARTS) is 1. The van der Waals surface area contributed by atoms with Crippen LogP contribution in [0.1, 0.15) is 28.8 Å². The van der Waals surface area contributed by atoms with Crippen LogP contribution in [-0.4, -0.2) is 40.9 Å². The molecule has 1 unspecified atom stereocenters. The molecule has 6 heteroatoms. The number of likely N-dealkylation sites (N-methyl/N-ethyl adjacent to an activating group) is 1. The molecule has 0 spiro atoms. The van der Waals surface area contributed by atoms with Gasteiger partial charge in [-0.25, -0.2) is 4.79 Å². The maximum atomic E-state index is 12.0. The predicted octanol–water partition coefficient (Wildman–Crippen LogP) is 0.622. The Morgan fingerprint density at radius 2 is 2.00 bits per heavy atom. The van der Waals surface area contributed by atoms with Crippen molar-refractivity contribution in [3.63, 3.8) is 0 Å². The first kappa shape index (κ1) is 14.0. The molecule has 2 N–H and O–H groups in total. The van der Waals surface area contributed by atoms with E-state index in [1.807, 2.05) is 0 Å². The molecule has 1 atom stereocenters. The third kappa shape index (κ3) is 2.96. The van der Waals surface area contributed by atoms with Gasteiger partial charge in [-0.15, -0.1) is 0 Å². The molecule has 1 saturated heterocycles. The van der Waals surface area contributed by atoms with Gasteiger partial charge in [0.2, 0.25) is 11.8 Å². The monoisotopic (exact) mass is 276 g/mol. The fourth-order valence-electron chi connectivity index (χ4n) is 2.18. The molecule has 6 nitrogen and oxygen atoms in total.